The van der Waals surface area contributed by atoms with Crippen molar-refractivity contribution in [3.63, 3.8) is 0 Å². The number of esters is 2. The zero-order valence-electron chi connectivity index (χ0n) is 19.8. The van der Waals surface area contributed by atoms with Gasteiger partial charge in [-0.05, 0) is 57.4 Å². The number of amides is 2. The monoisotopic (exact) mass is 473 g/mol. The number of nitrogens with zero attached hydrogens (tertiary/aromatic N) is 1. The fraction of sp³-hybridized carbons (Fsp3) is 0.500. The quantitative estimate of drug-likeness (QED) is 0.277. The average molecular weight is 474 g/mol. The minimum atomic E-state index is -0.861. The smallest absolute Gasteiger partial charge is 0.358 e. The molecule has 0 bridgehead atoms. The Balaban J connectivity index is 1.84. The van der Waals surface area contributed by atoms with Gasteiger partial charge in [0.05, 0.1) is 23.5 Å². The van der Waals surface area contributed by atoms with E-state index in [1.165, 1.54) is 4.90 Å². The van der Waals surface area contributed by atoms with Crippen LogP contribution in [0.4, 0.5) is 5.69 Å². The molecule has 34 heavy (non-hydrogen) atoms. The molecule has 1 saturated heterocycles. The molecule has 4 N–H and O–H groups in total. The molecule has 0 radical (unpaired) electrons. The van der Waals surface area contributed by atoms with Crippen LogP contribution in [-0.4, -0.2) is 59.2 Å². The van der Waals surface area contributed by atoms with Crippen molar-refractivity contribution in [1.82, 2.24) is 4.90 Å². The number of β-lactam (4-membered cyclic amide) rings is 1. The maximum atomic E-state index is 13.0. The third-order valence-electron chi connectivity index (χ3n) is 5.83. The molecule has 0 spiro atoms. The maximum absolute atomic E-state index is 13.0. The zero-order chi connectivity index (χ0) is 25.2. The highest BCUT2D eigenvalue weighted by Gasteiger charge is 2.57. The normalized spacial score (nSPS) is 20.4. The van der Waals surface area contributed by atoms with E-state index in [9.17, 15) is 24.3 Å². The number of hydrogen-bond acceptors (Lipinski definition) is 8. The van der Waals surface area contributed by atoms with Crippen LogP contribution in [0.5, 0.6) is 0 Å². The highest BCUT2D eigenvalue weighted by Crippen LogP contribution is 2.47. The fourth-order valence-electron chi connectivity index (χ4n) is 4.08. The van der Waals surface area contributed by atoms with E-state index in [2.05, 4.69) is 5.32 Å². The van der Waals surface area contributed by atoms with E-state index in [1.54, 1.807) is 45.9 Å². The van der Waals surface area contributed by atoms with Crippen LogP contribution in [0, 0.1) is 11.3 Å². The van der Waals surface area contributed by atoms with E-state index in [0.717, 1.165) is 0 Å². The Hall–Kier alpha value is -3.40. The van der Waals surface area contributed by atoms with E-state index in [0.29, 0.717) is 29.8 Å². The molecule has 3 rings (SSSR count). The number of nitrogens with one attached hydrogen (secondary N) is 1. The molecule has 1 aromatic carbocycles. The molecule has 0 aromatic heterocycles. The van der Waals surface area contributed by atoms with Gasteiger partial charge < -0.3 is 30.5 Å². The molecule has 0 saturated carbocycles. The highest BCUT2D eigenvalue weighted by atomic mass is 16.7. The summed E-state index contributed by atoms with van der Waals surface area (Å²) in [6.07, 6.45) is -0.337. The molecule has 0 unspecified atom stereocenters. The lowest BCUT2D eigenvalue weighted by Gasteiger charge is -2.44. The SMILES string of the molecule is C[C@@H](O)[C@H]1C(=O)N2C(C(=O)OCOC(=O)C(C)(C)C)=C(c3cccc(NCCC(N)=O)c3)C[C@H]12. The van der Waals surface area contributed by atoms with E-state index in [-0.39, 0.29) is 24.1 Å². The number of ether oxygens (including phenoxy) is 2. The maximum Gasteiger partial charge on any atom is 0.358 e. The number of anilines is 1. The Bertz CT molecular complexity index is 1030. The number of carbonyl (C=O) groups is 4. The van der Waals surface area contributed by atoms with Crippen molar-refractivity contribution in [2.75, 3.05) is 18.7 Å². The van der Waals surface area contributed by atoms with E-state index in [4.69, 9.17) is 15.2 Å². The molecule has 10 nitrogen and oxygen atoms in total. The molecule has 1 fully saturated rings. The zero-order valence-corrected chi connectivity index (χ0v) is 19.8. The van der Waals surface area contributed by atoms with Gasteiger partial charge in [0.15, 0.2) is 0 Å². The van der Waals surface area contributed by atoms with Crippen LogP contribution in [-0.2, 0) is 28.7 Å². The first kappa shape index (κ1) is 25.2. The first-order valence-corrected chi connectivity index (χ1v) is 11.1. The van der Waals surface area contributed by atoms with Crippen LogP contribution < -0.4 is 11.1 Å². The predicted octanol–water partition coefficient (Wildman–Crippen LogP) is 1.39. The van der Waals surface area contributed by atoms with Gasteiger partial charge >= 0.3 is 11.9 Å². The number of primary amides is 1. The lowest BCUT2D eigenvalue weighted by Crippen LogP contribution is -2.61. The van der Waals surface area contributed by atoms with Crippen molar-refractivity contribution < 1.29 is 33.8 Å². The molecule has 1 aromatic rings. The van der Waals surface area contributed by atoms with Crippen LogP contribution >= 0.6 is 0 Å². The van der Waals surface area contributed by atoms with Gasteiger partial charge in [0.2, 0.25) is 18.6 Å². The lowest BCUT2D eigenvalue weighted by molar-refractivity contribution is -0.175. The second kappa shape index (κ2) is 9.84. The van der Waals surface area contributed by atoms with Crippen LogP contribution in [0.25, 0.3) is 5.57 Å². The van der Waals surface area contributed by atoms with Crippen molar-refractivity contribution in [1.29, 1.82) is 0 Å². The predicted molar refractivity (Wildman–Crippen MR) is 123 cm³/mol. The summed E-state index contributed by atoms with van der Waals surface area (Å²) in [6, 6.07) is 6.83. The Morgan fingerprint density at radius 3 is 2.59 bits per heavy atom. The Labute approximate surface area is 198 Å². The second-order valence-electron chi connectivity index (χ2n) is 9.53. The van der Waals surface area contributed by atoms with Gasteiger partial charge in [-0.3, -0.25) is 14.4 Å². The average Bonchev–Trinajstić information content (AvgIpc) is 3.07. The third-order valence-corrected chi connectivity index (χ3v) is 5.83. The van der Waals surface area contributed by atoms with Gasteiger partial charge in [-0.1, -0.05) is 12.1 Å². The van der Waals surface area contributed by atoms with Gasteiger partial charge in [-0.15, -0.1) is 0 Å². The van der Waals surface area contributed by atoms with E-state index in [1.807, 2.05) is 6.07 Å². The summed E-state index contributed by atoms with van der Waals surface area (Å²) in [5.74, 6) is -2.71. The van der Waals surface area contributed by atoms with Crippen molar-refractivity contribution in [3.8, 4) is 0 Å². The number of carbonyl (C=O) groups excluding carboxylic acids is 4. The number of aliphatic hydroxyl groups is 1. The van der Waals surface area contributed by atoms with Crippen molar-refractivity contribution in [2.24, 2.45) is 17.1 Å². The first-order chi connectivity index (χ1) is 15.9. The Morgan fingerprint density at radius 1 is 1.26 bits per heavy atom. The van der Waals surface area contributed by atoms with Gasteiger partial charge in [0, 0.05) is 18.7 Å². The van der Waals surface area contributed by atoms with Gasteiger partial charge in [0.25, 0.3) is 0 Å². The molecule has 2 heterocycles. The summed E-state index contributed by atoms with van der Waals surface area (Å²) in [5.41, 5.74) is 6.50. The number of fused-ring (bicyclic) bond motifs is 1. The van der Waals surface area contributed by atoms with E-state index >= 15 is 0 Å². The van der Waals surface area contributed by atoms with Crippen molar-refractivity contribution in [3.05, 3.63) is 35.5 Å². The number of rotatable bonds is 9. The molecule has 2 amide bonds. The molecule has 184 valence electrons. The van der Waals surface area contributed by atoms with Crippen molar-refractivity contribution in [2.45, 2.75) is 52.7 Å². The van der Waals surface area contributed by atoms with Crippen LogP contribution in [0.2, 0.25) is 0 Å². The summed E-state index contributed by atoms with van der Waals surface area (Å²) in [7, 11) is 0. The highest BCUT2D eigenvalue weighted by molar-refractivity contribution is 6.07. The second-order valence-corrected chi connectivity index (χ2v) is 9.53. The molecule has 2 aliphatic rings. The van der Waals surface area contributed by atoms with Crippen LogP contribution in [0.15, 0.2) is 30.0 Å². The topological polar surface area (TPSA) is 148 Å². The van der Waals surface area contributed by atoms with Crippen LogP contribution in [0.1, 0.15) is 46.1 Å². The van der Waals surface area contributed by atoms with Gasteiger partial charge in [-0.2, -0.15) is 0 Å². The number of nitrogens with two attached hydrogens (primary N) is 1. The Kier molecular flexibility index (Phi) is 7.30. The molecular weight excluding hydrogens is 442 g/mol. The molecule has 2 aliphatic heterocycles. The molecule has 10 heteroatoms. The Morgan fingerprint density at radius 2 is 1.97 bits per heavy atom. The summed E-state index contributed by atoms with van der Waals surface area (Å²) in [5, 5.41) is 13.1. The number of aliphatic hydroxyl groups excluding tert-OH is 1. The molecule has 3 atom stereocenters. The standard InChI is InChI=1S/C24H31N3O7/c1-13(28)19-17-11-16(14-6-5-7-15(10-14)26-9-8-18(25)29)20(27(17)21(19)30)22(31)33-12-34-23(32)24(2,3)4/h5-7,10,13,17,19,26,28H,8-9,11-12H2,1-4H3,(H2,25,29)/t13-,17-,19-/m1/s1. The summed E-state index contributed by atoms with van der Waals surface area (Å²) in [4.78, 5) is 50.1. The minimum Gasteiger partial charge on any atom is -0.427 e. The minimum absolute atomic E-state index is 0.0768. The number of benzene rings is 1. The van der Waals surface area contributed by atoms with Gasteiger partial charge in [-0.25, -0.2) is 4.79 Å². The van der Waals surface area contributed by atoms with E-state index < -0.39 is 42.1 Å². The molecular formula is C24H31N3O7. The van der Waals surface area contributed by atoms with Crippen molar-refractivity contribution >= 4 is 35.0 Å². The third kappa shape index (κ3) is 5.22. The van der Waals surface area contributed by atoms with Crippen LogP contribution in [0.3, 0.4) is 0 Å². The summed E-state index contributed by atoms with van der Waals surface area (Å²) < 4.78 is 10.2. The molecule has 0 aliphatic carbocycles. The number of hydrogen-bond donors (Lipinski definition) is 3. The lowest BCUT2D eigenvalue weighted by atomic mass is 9.82. The van der Waals surface area contributed by atoms with Gasteiger partial charge in [0.1, 0.15) is 5.70 Å². The largest absolute Gasteiger partial charge is 0.427 e. The fourth-order valence-corrected chi connectivity index (χ4v) is 4.08. The summed E-state index contributed by atoms with van der Waals surface area (Å²) >= 11 is 0. The first-order valence-electron chi connectivity index (χ1n) is 11.1. The summed E-state index contributed by atoms with van der Waals surface area (Å²) in [6.45, 7) is 6.36.